The van der Waals surface area contributed by atoms with Gasteiger partial charge in [0.25, 0.3) is 0 Å². The van der Waals surface area contributed by atoms with Crippen molar-refractivity contribution < 1.29 is 4.42 Å². The molecule has 0 aliphatic heterocycles. The standard InChI is InChI=1S/C20H14BrClN4O/c21-15-7-3-14(4-8-15)19-24-20(23-12-17-2-1-11-27-17)18(25-26-19)13-5-9-16(22)10-6-13/h1-11H,12H2,(H,23,24,26). The van der Waals surface area contributed by atoms with Crippen LogP contribution in [0.2, 0.25) is 5.02 Å². The molecule has 134 valence electrons. The number of nitrogens with zero attached hydrogens (tertiary/aromatic N) is 3. The Morgan fingerprint density at radius 3 is 2.37 bits per heavy atom. The van der Waals surface area contributed by atoms with E-state index in [0.29, 0.717) is 28.9 Å². The third-order valence-corrected chi connectivity index (χ3v) is 4.70. The molecule has 7 heteroatoms. The van der Waals surface area contributed by atoms with Crippen molar-refractivity contribution in [2.75, 3.05) is 5.32 Å². The first-order chi connectivity index (χ1) is 13.2. The summed E-state index contributed by atoms with van der Waals surface area (Å²) < 4.78 is 6.39. The van der Waals surface area contributed by atoms with E-state index in [4.69, 9.17) is 21.0 Å². The predicted molar refractivity (Wildman–Crippen MR) is 109 cm³/mol. The normalized spacial score (nSPS) is 10.7. The zero-order valence-electron chi connectivity index (χ0n) is 14.1. The van der Waals surface area contributed by atoms with E-state index in [-0.39, 0.29) is 0 Å². The Morgan fingerprint density at radius 1 is 0.926 bits per heavy atom. The van der Waals surface area contributed by atoms with E-state index in [0.717, 1.165) is 21.4 Å². The Hall–Kier alpha value is -2.70. The van der Waals surface area contributed by atoms with E-state index < -0.39 is 0 Å². The van der Waals surface area contributed by atoms with Crippen LogP contribution in [0.5, 0.6) is 0 Å². The van der Waals surface area contributed by atoms with Gasteiger partial charge in [0.05, 0.1) is 12.8 Å². The van der Waals surface area contributed by atoms with Crippen molar-refractivity contribution in [2.24, 2.45) is 0 Å². The van der Waals surface area contributed by atoms with Crippen LogP contribution in [-0.4, -0.2) is 15.2 Å². The minimum Gasteiger partial charge on any atom is -0.467 e. The first-order valence-electron chi connectivity index (χ1n) is 8.22. The Kier molecular flexibility index (Phi) is 5.18. The number of furan rings is 1. The average Bonchev–Trinajstić information content (AvgIpc) is 3.21. The van der Waals surface area contributed by atoms with Crippen molar-refractivity contribution >= 4 is 33.3 Å². The maximum atomic E-state index is 6.00. The van der Waals surface area contributed by atoms with E-state index in [2.05, 4.69) is 31.4 Å². The van der Waals surface area contributed by atoms with Crippen LogP contribution in [0.25, 0.3) is 22.6 Å². The van der Waals surface area contributed by atoms with Gasteiger partial charge in [0.1, 0.15) is 11.5 Å². The van der Waals surface area contributed by atoms with Crippen molar-refractivity contribution in [1.29, 1.82) is 0 Å². The highest BCUT2D eigenvalue weighted by Gasteiger charge is 2.13. The fraction of sp³-hybridized carbons (Fsp3) is 0.0500. The second-order valence-corrected chi connectivity index (χ2v) is 7.13. The van der Waals surface area contributed by atoms with Crippen LogP contribution >= 0.6 is 27.5 Å². The molecule has 2 heterocycles. The quantitative estimate of drug-likeness (QED) is 0.422. The van der Waals surface area contributed by atoms with Crippen molar-refractivity contribution in [3.63, 3.8) is 0 Å². The highest BCUT2D eigenvalue weighted by molar-refractivity contribution is 9.10. The molecule has 0 aliphatic rings. The van der Waals surface area contributed by atoms with E-state index >= 15 is 0 Å². The molecule has 0 radical (unpaired) electrons. The summed E-state index contributed by atoms with van der Waals surface area (Å²) in [5.74, 6) is 1.98. The summed E-state index contributed by atoms with van der Waals surface area (Å²) in [4.78, 5) is 4.70. The van der Waals surface area contributed by atoms with Crippen LogP contribution in [0, 0.1) is 0 Å². The van der Waals surface area contributed by atoms with Crippen LogP contribution in [0.3, 0.4) is 0 Å². The third kappa shape index (κ3) is 4.18. The summed E-state index contributed by atoms with van der Waals surface area (Å²) >= 11 is 9.44. The molecule has 5 nitrogen and oxygen atoms in total. The lowest BCUT2D eigenvalue weighted by Crippen LogP contribution is -2.06. The molecule has 0 aliphatic carbocycles. The van der Waals surface area contributed by atoms with Gasteiger partial charge in [0.2, 0.25) is 0 Å². The fourth-order valence-corrected chi connectivity index (χ4v) is 2.95. The molecule has 0 saturated carbocycles. The second kappa shape index (κ2) is 7.90. The molecular formula is C20H14BrClN4O. The maximum absolute atomic E-state index is 6.00. The molecule has 4 rings (SSSR count). The first-order valence-corrected chi connectivity index (χ1v) is 9.39. The monoisotopic (exact) mass is 440 g/mol. The van der Waals surface area contributed by atoms with Crippen LogP contribution in [0.15, 0.2) is 75.8 Å². The number of halogens is 2. The smallest absolute Gasteiger partial charge is 0.183 e. The number of anilines is 1. The summed E-state index contributed by atoms with van der Waals surface area (Å²) in [5.41, 5.74) is 2.41. The lowest BCUT2D eigenvalue weighted by atomic mass is 10.1. The lowest BCUT2D eigenvalue weighted by Gasteiger charge is -2.11. The maximum Gasteiger partial charge on any atom is 0.183 e. The summed E-state index contributed by atoms with van der Waals surface area (Å²) in [7, 11) is 0. The molecule has 0 atom stereocenters. The number of benzene rings is 2. The van der Waals surface area contributed by atoms with Gasteiger partial charge in [-0.3, -0.25) is 0 Å². The molecule has 2 aromatic carbocycles. The summed E-state index contributed by atoms with van der Waals surface area (Å²) in [5, 5.41) is 12.7. The van der Waals surface area contributed by atoms with Crippen molar-refractivity contribution in [1.82, 2.24) is 15.2 Å². The van der Waals surface area contributed by atoms with Crippen molar-refractivity contribution in [3.05, 3.63) is 82.2 Å². The Labute approximate surface area is 169 Å². The van der Waals surface area contributed by atoms with Gasteiger partial charge in [-0.15, -0.1) is 10.2 Å². The van der Waals surface area contributed by atoms with Gasteiger partial charge in [-0.2, -0.15) is 0 Å². The molecule has 0 saturated heterocycles. The van der Waals surface area contributed by atoms with Crippen LogP contribution in [0.1, 0.15) is 5.76 Å². The molecule has 2 aromatic heterocycles. The Morgan fingerprint density at radius 2 is 1.67 bits per heavy atom. The topological polar surface area (TPSA) is 63.8 Å². The van der Waals surface area contributed by atoms with Gasteiger partial charge in [-0.05, 0) is 36.4 Å². The molecule has 0 spiro atoms. The zero-order chi connectivity index (χ0) is 18.6. The van der Waals surface area contributed by atoms with Gasteiger partial charge in [-0.25, -0.2) is 4.98 Å². The van der Waals surface area contributed by atoms with Gasteiger partial charge >= 0.3 is 0 Å². The van der Waals surface area contributed by atoms with Gasteiger partial charge in [0.15, 0.2) is 11.6 Å². The Balaban J connectivity index is 1.72. The highest BCUT2D eigenvalue weighted by atomic mass is 79.9. The van der Waals surface area contributed by atoms with E-state index in [9.17, 15) is 0 Å². The van der Waals surface area contributed by atoms with Crippen molar-refractivity contribution in [2.45, 2.75) is 6.54 Å². The molecule has 4 aromatic rings. The molecule has 0 unspecified atom stereocenters. The zero-order valence-corrected chi connectivity index (χ0v) is 16.4. The van der Waals surface area contributed by atoms with Gasteiger partial charge in [-0.1, -0.05) is 51.8 Å². The number of nitrogens with one attached hydrogen (secondary N) is 1. The van der Waals surface area contributed by atoms with Crippen LogP contribution in [-0.2, 0) is 6.54 Å². The second-order valence-electron chi connectivity index (χ2n) is 5.78. The minimum absolute atomic E-state index is 0.492. The largest absolute Gasteiger partial charge is 0.467 e. The van der Waals surface area contributed by atoms with Crippen LogP contribution < -0.4 is 5.32 Å². The lowest BCUT2D eigenvalue weighted by molar-refractivity contribution is 0.518. The number of hydrogen-bond acceptors (Lipinski definition) is 5. The fourth-order valence-electron chi connectivity index (χ4n) is 2.56. The number of aromatic nitrogens is 3. The van der Waals surface area contributed by atoms with Gasteiger partial charge in [0, 0.05) is 20.6 Å². The van der Waals surface area contributed by atoms with Crippen molar-refractivity contribution in [3.8, 4) is 22.6 Å². The summed E-state index contributed by atoms with van der Waals surface area (Å²) in [6, 6.07) is 19.0. The number of hydrogen-bond donors (Lipinski definition) is 1. The molecule has 0 bridgehead atoms. The third-order valence-electron chi connectivity index (χ3n) is 3.92. The van der Waals surface area contributed by atoms with E-state index in [1.807, 2.05) is 60.7 Å². The average molecular weight is 442 g/mol. The Bertz CT molecular complexity index is 1030. The predicted octanol–water partition coefficient (Wildman–Crippen LogP) is 5.83. The highest BCUT2D eigenvalue weighted by Crippen LogP contribution is 2.28. The molecule has 27 heavy (non-hydrogen) atoms. The number of rotatable bonds is 5. The molecule has 1 N–H and O–H groups in total. The molecule has 0 fully saturated rings. The van der Waals surface area contributed by atoms with E-state index in [1.54, 1.807) is 6.26 Å². The SMILES string of the molecule is Clc1ccc(-c2nnc(-c3ccc(Br)cc3)nc2NCc2ccco2)cc1. The van der Waals surface area contributed by atoms with Crippen LogP contribution in [0.4, 0.5) is 5.82 Å². The summed E-state index contributed by atoms with van der Waals surface area (Å²) in [6.07, 6.45) is 1.64. The molecular weight excluding hydrogens is 428 g/mol. The van der Waals surface area contributed by atoms with E-state index in [1.165, 1.54) is 0 Å². The molecule has 0 amide bonds. The minimum atomic E-state index is 0.492. The first kappa shape index (κ1) is 17.7. The van der Waals surface area contributed by atoms with Gasteiger partial charge < -0.3 is 9.73 Å². The summed E-state index contributed by atoms with van der Waals surface area (Å²) in [6.45, 7) is 0.492.